The average Bonchev–Trinajstić information content (AvgIpc) is 3.34. The van der Waals surface area contributed by atoms with Gasteiger partial charge in [0.15, 0.2) is 0 Å². The first kappa shape index (κ1) is 20.6. The van der Waals surface area contributed by atoms with E-state index in [9.17, 15) is 0 Å². The Hall–Kier alpha value is -3.37. The van der Waals surface area contributed by atoms with Gasteiger partial charge in [-0.25, -0.2) is 0 Å². The van der Waals surface area contributed by atoms with Crippen molar-refractivity contribution in [2.45, 2.75) is 33.3 Å². The second-order valence-electron chi connectivity index (χ2n) is 9.80. The number of pyridine rings is 2. The molecule has 38 heavy (non-hydrogen) atoms. The van der Waals surface area contributed by atoms with Gasteiger partial charge >= 0.3 is 0 Å². The first-order chi connectivity index (χ1) is 20.2. The molecule has 6 rings (SSSR count). The van der Waals surface area contributed by atoms with Crippen LogP contribution in [0.3, 0.4) is 0 Å². The van der Waals surface area contributed by atoms with Crippen LogP contribution >= 0.6 is 0 Å². The van der Waals surface area contributed by atoms with Crippen molar-refractivity contribution < 1.29 is 32.7 Å². The maximum atomic E-state index is 7.28. The van der Waals surface area contributed by atoms with E-state index in [0.29, 0.717) is 11.3 Å². The van der Waals surface area contributed by atoms with Crippen LogP contribution in [-0.4, -0.2) is 18.0 Å². The Bertz CT molecular complexity index is 1820. The Morgan fingerprint density at radius 1 is 0.763 bits per heavy atom. The van der Waals surface area contributed by atoms with Crippen LogP contribution in [0.5, 0.6) is 0 Å². The summed E-state index contributed by atoms with van der Waals surface area (Å²) in [6.07, 6.45) is 3.22. The van der Waals surface area contributed by atoms with Crippen LogP contribution in [0.2, 0.25) is 19.6 Å². The summed E-state index contributed by atoms with van der Waals surface area (Å²) in [5.74, 6) is 0. The molecule has 3 heterocycles. The van der Waals surface area contributed by atoms with Gasteiger partial charge in [-0.2, -0.15) is 0 Å². The molecule has 0 saturated carbocycles. The number of benzene rings is 3. The molecule has 0 aliphatic rings. The van der Waals surface area contributed by atoms with Gasteiger partial charge in [-0.1, -0.05) is 56.8 Å². The summed E-state index contributed by atoms with van der Waals surface area (Å²) >= 11 is 0. The standard InChI is InChI=1S/C20H18NOSi.C13H12N.Ir/c1-23(2,3)20-11-7-5-9-15(20)17-12-19-16(13-21-17)14-8-4-6-10-18(14)22-19;1-10-3-6-12(7-4-10)13-8-5-11(2)9-14-13;/h4-8,10-13H,1-3H3;3-6,8-9H,1-2H3;/q2*-1;/i;1D3,2D3;. The molecule has 0 spiro atoms. The molecule has 5 heteroatoms. The van der Waals surface area contributed by atoms with E-state index in [2.05, 4.69) is 55.0 Å². The number of rotatable bonds is 3. The minimum atomic E-state index is -2.18. The van der Waals surface area contributed by atoms with Crippen LogP contribution in [0, 0.1) is 25.8 Å². The SMILES string of the molecule is C[Si](C)(C)c1ccc[c-]c1-c1cc2oc3ccccc3c2cn1.[2H]C([2H])([2H])c1c[c-]c(-c2ccc(C([2H])([2H])[2H])cn2)cc1.[Ir]. The zero-order valence-electron chi connectivity index (χ0n) is 27.3. The van der Waals surface area contributed by atoms with E-state index in [1.54, 1.807) is 12.1 Å². The molecule has 3 aromatic heterocycles. The van der Waals surface area contributed by atoms with Crippen molar-refractivity contribution in [1.29, 1.82) is 0 Å². The number of aryl methyl sites for hydroxylation is 2. The maximum Gasteiger partial charge on any atom is 0.135 e. The molecule has 0 fully saturated rings. The summed E-state index contributed by atoms with van der Waals surface area (Å²) in [4.78, 5) is 8.78. The van der Waals surface area contributed by atoms with Crippen molar-refractivity contribution in [1.82, 2.24) is 9.97 Å². The van der Waals surface area contributed by atoms with Gasteiger partial charge in [0.25, 0.3) is 0 Å². The van der Waals surface area contributed by atoms with Gasteiger partial charge in [0.2, 0.25) is 0 Å². The average molecular weight is 697 g/mol. The van der Waals surface area contributed by atoms with Crippen molar-refractivity contribution in [2.24, 2.45) is 0 Å². The van der Waals surface area contributed by atoms with Crippen molar-refractivity contribution in [3.05, 3.63) is 115 Å². The maximum absolute atomic E-state index is 7.28. The van der Waals surface area contributed by atoms with Gasteiger partial charge in [0.05, 0.1) is 0 Å². The van der Waals surface area contributed by atoms with Crippen LogP contribution in [0.1, 0.15) is 19.4 Å². The summed E-state index contributed by atoms with van der Waals surface area (Å²) < 4.78 is 49.6. The fourth-order valence-electron chi connectivity index (χ4n) is 4.17. The van der Waals surface area contributed by atoms with E-state index in [0.717, 1.165) is 33.2 Å². The number of furan rings is 1. The van der Waals surface area contributed by atoms with E-state index in [1.807, 2.05) is 36.5 Å². The van der Waals surface area contributed by atoms with E-state index >= 15 is 0 Å². The van der Waals surface area contributed by atoms with Crippen molar-refractivity contribution in [2.75, 3.05) is 0 Å². The Morgan fingerprint density at radius 3 is 2.26 bits per heavy atom. The van der Waals surface area contributed by atoms with E-state index < -0.39 is 21.8 Å². The molecule has 0 unspecified atom stereocenters. The van der Waals surface area contributed by atoms with Gasteiger partial charge in [-0.15, -0.1) is 70.4 Å². The van der Waals surface area contributed by atoms with E-state index in [-0.39, 0.29) is 31.2 Å². The Labute approximate surface area is 247 Å². The number of nitrogens with zero attached hydrogens (tertiary/aromatic N) is 2. The number of fused-ring (bicyclic) bond motifs is 3. The molecule has 0 aliphatic heterocycles. The van der Waals surface area contributed by atoms with Crippen LogP contribution in [0.15, 0.2) is 95.7 Å². The summed E-state index contributed by atoms with van der Waals surface area (Å²) in [6, 6.07) is 30.2. The largest absolute Gasteiger partial charge is 0.457 e. The second kappa shape index (κ2) is 11.6. The zero-order valence-corrected chi connectivity index (χ0v) is 24.7. The van der Waals surface area contributed by atoms with E-state index in [4.69, 9.17) is 17.6 Å². The Kier molecular flexibility index (Phi) is 6.26. The number of hydrogen-bond acceptors (Lipinski definition) is 3. The smallest absolute Gasteiger partial charge is 0.135 e. The van der Waals surface area contributed by atoms with Crippen molar-refractivity contribution in [3.8, 4) is 22.5 Å². The fraction of sp³-hybridized carbons (Fsp3) is 0.152. The molecule has 0 N–H and O–H groups in total. The molecule has 3 nitrogen and oxygen atoms in total. The second-order valence-corrected chi connectivity index (χ2v) is 14.8. The third-order valence-corrected chi connectivity index (χ3v) is 8.07. The summed E-state index contributed by atoms with van der Waals surface area (Å²) in [6.45, 7) is 2.70. The molecule has 0 aliphatic carbocycles. The summed E-state index contributed by atoms with van der Waals surface area (Å²) in [7, 11) is -1.46. The van der Waals surface area contributed by atoms with Crippen LogP contribution in [0.25, 0.3) is 44.5 Å². The fourth-order valence-corrected chi connectivity index (χ4v) is 5.71. The number of aromatic nitrogens is 2. The third kappa shape index (κ3) is 6.02. The molecule has 0 atom stereocenters. The van der Waals surface area contributed by atoms with Gasteiger partial charge in [-0.05, 0) is 35.9 Å². The third-order valence-electron chi connectivity index (χ3n) is 6.04. The van der Waals surface area contributed by atoms with Crippen LogP contribution in [-0.2, 0) is 20.1 Å². The molecule has 0 amide bonds. The quantitative estimate of drug-likeness (QED) is 0.139. The molecule has 0 bridgehead atoms. The Morgan fingerprint density at radius 2 is 1.55 bits per heavy atom. The molecule has 6 aromatic rings. The molecule has 0 saturated heterocycles. The van der Waals surface area contributed by atoms with E-state index in [1.165, 1.54) is 29.6 Å². The minimum Gasteiger partial charge on any atom is -0.457 e. The number of hydrogen-bond donors (Lipinski definition) is 0. The minimum absolute atomic E-state index is 0. The van der Waals surface area contributed by atoms with Crippen molar-refractivity contribution >= 4 is 35.2 Å². The topological polar surface area (TPSA) is 38.9 Å². The van der Waals surface area contributed by atoms with Crippen molar-refractivity contribution in [3.63, 3.8) is 0 Å². The predicted molar refractivity (Wildman–Crippen MR) is 157 cm³/mol. The predicted octanol–water partition coefficient (Wildman–Crippen LogP) is 8.16. The number of para-hydroxylation sites is 1. The monoisotopic (exact) mass is 697 g/mol. The van der Waals surface area contributed by atoms with Gasteiger partial charge in [-0.3, -0.25) is 0 Å². The van der Waals surface area contributed by atoms with Gasteiger partial charge < -0.3 is 14.4 Å². The molecule has 1 radical (unpaired) electrons. The van der Waals surface area contributed by atoms with Crippen LogP contribution in [0.4, 0.5) is 0 Å². The van der Waals surface area contributed by atoms with Gasteiger partial charge in [0, 0.05) is 59.6 Å². The first-order valence-corrected chi connectivity index (χ1v) is 15.5. The summed E-state index contributed by atoms with van der Waals surface area (Å²) in [5, 5.41) is 3.56. The molecular formula is C33H30IrN2OSi-2. The molecular weight excluding hydrogens is 661 g/mol. The van der Waals surface area contributed by atoms with Gasteiger partial charge in [0.1, 0.15) is 11.2 Å². The normalized spacial score (nSPS) is 14.1. The molecule has 193 valence electrons. The zero-order chi connectivity index (χ0) is 31.0. The Balaban J connectivity index is 0.000000199. The summed E-state index contributed by atoms with van der Waals surface area (Å²) in [5.41, 5.74) is 5.38. The molecule has 3 aromatic carbocycles. The first-order valence-electron chi connectivity index (χ1n) is 15.0. The van der Waals surface area contributed by atoms with Crippen LogP contribution < -0.4 is 5.19 Å².